The fraction of sp³-hybridized carbons (Fsp3) is 0.467. The van der Waals surface area contributed by atoms with Gasteiger partial charge >= 0.3 is 11.9 Å². The zero-order valence-electron chi connectivity index (χ0n) is 11.8. The van der Waals surface area contributed by atoms with Crippen molar-refractivity contribution in [1.82, 2.24) is 0 Å². The topological polar surface area (TPSA) is 52.6 Å². The Morgan fingerprint density at radius 1 is 1.16 bits per heavy atom. The van der Waals surface area contributed by atoms with E-state index in [9.17, 15) is 9.59 Å². The van der Waals surface area contributed by atoms with Gasteiger partial charge in [0.2, 0.25) is 6.10 Å². The predicted molar refractivity (Wildman–Crippen MR) is 71.5 cm³/mol. The van der Waals surface area contributed by atoms with Crippen molar-refractivity contribution >= 4 is 11.9 Å². The van der Waals surface area contributed by atoms with Gasteiger partial charge in [-0.25, -0.2) is 4.79 Å². The minimum atomic E-state index is -0.904. The van der Waals surface area contributed by atoms with E-state index in [2.05, 4.69) is 0 Å². The van der Waals surface area contributed by atoms with Crippen molar-refractivity contribution in [2.45, 2.75) is 45.8 Å². The van der Waals surface area contributed by atoms with Crippen molar-refractivity contribution in [3.05, 3.63) is 35.9 Å². The molecule has 1 aromatic carbocycles. The lowest BCUT2D eigenvalue weighted by atomic mass is 10.1. The normalized spacial score (nSPS) is 12.6. The fourth-order valence-corrected chi connectivity index (χ4v) is 1.57. The van der Waals surface area contributed by atoms with Gasteiger partial charge in [-0.1, -0.05) is 30.3 Å². The van der Waals surface area contributed by atoms with Crippen LogP contribution in [0.2, 0.25) is 0 Å². The van der Waals surface area contributed by atoms with Gasteiger partial charge in [-0.3, -0.25) is 4.79 Å². The van der Waals surface area contributed by atoms with E-state index in [1.54, 1.807) is 20.8 Å². The van der Waals surface area contributed by atoms with Crippen LogP contribution in [0.3, 0.4) is 0 Å². The SMILES string of the molecule is CC(=O)OC(Cc1ccccc1)C(=O)OC(C)(C)C. The standard InChI is InChI=1S/C15H20O4/c1-11(16)18-13(14(17)19-15(2,3)4)10-12-8-6-5-7-9-12/h5-9,13H,10H2,1-4H3. The summed E-state index contributed by atoms with van der Waals surface area (Å²) in [6.45, 7) is 6.61. The molecule has 0 radical (unpaired) electrons. The van der Waals surface area contributed by atoms with Gasteiger partial charge in [0.05, 0.1) is 0 Å². The van der Waals surface area contributed by atoms with Gasteiger partial charge in [0.15, 0.2) is 0 Å². The van der Waals surface area contributed by atoms with Crippen LogP contribution in [-0.2, 0) is 25.5 Å². The number of hydrogen-bond donors (Lipinski definition) is 0. The molecule has 0 aliphatic rings. The molecule has 1 aromatic rings. The van der Waals surface area contributed by atoms with Gasteiger partial charge in [-0.2, -0.15) is 0 Å². The monoisotopic (exact) mass is 264 g/mol. The summed E-state index contributed by atoms with van der Waals surface area (Å²) in [4.78, 5) is 23.1. The molecule has 104 valence electrons. The number of carbonyl (C=O) groups excluding carboxylic acids is 2. The average Bonchev–Trinajstić information content (AvgIpc) is 2.26. The number of hydrogen-bond acceptors (Lipinski definition) is 4. The Morgan fingerprint density at radius 2 is 1.74 bits per heavy atom. The number of carbonyl (C=O) groups is 2. The Bertz CT molecular complexity index is 431. The highest BCUT2D eigenvalue weighted by molar-refractivity contribution is 5.79. The van der Waals surface area contributed by atoms with E-state index in [1.807, 2.05) is 30.3 Å². The van der Waals surface area contributed by atoms with Crippen LogP contribution in [0.15, 0.2) is 30.3 Å². The van der Waals surface area contributed by atoms with E-state index < -0.39 is 23.6 Å². The molecule has 0 amide bonds. The Labute approximate surface area is 113 Å². The first-order valence-electron chi connectivity index (χ1n) is 6.22. The van der Waals surface area contributed by atoms with E-state index in [0.29, 0.717) is 6.42 Å². The van der Waals surface area contributed by atoms with Crippen molar-refractivity contribution in [2.75, 3.05) is 0 Å². The first-order chi connectivity index (χ1) is 8.78. The number of ether oxygens (including phenoxy) is 2. The van der Waals surface area contributed by atoms with E-state index in [4.69, 9.17) is 9.47 Å². The van der Waals surface area contributed by atoms with E-state index >= 15 is 0 Å². The molecule has 4 heteroatoms. The van der Waals surface area contributed by atoms with Crippen LogP contribution in [0.25, 0.3) is 0 Å². The largest absolute Gasteiger partial charge is 0.457 e. The third-order valence-electron chi connectivity index (χ3n) is 2.24. The second-order valence-electron chi connectivity index (χ2n) is 5.32. The maximum absolute atomic E-state index is 12.0. The van der Waals surface area contributed by atoms with Crippen molar-refractivity contribution in [1.29, 1.82) is 0 Å². The van der Waals surface area contributed by atoms with Gasteiger partial charge < -0.3 is 9.47 Å². The highest BCUT2D eigenvalue weighted by atomic mass is 16.6. The highest BCUT2D eigenvalue weighted by Gasteiger charge is 2.27. The van der Waals surface area contributed by atoms with Crippen LogP contribution < -0.4 is 0 Å². The average molecular weight is 264 g/mol. The van der Waals surface area contributed by atoms with Crippen LogP contribution in [0, 0.1) is 0 Å². The molecular formula is C15H20O4. The summed E-state index contributed by atoms with van der Waals surface area (Å²) in [7, 11) is 0. The molecule has 0 saturated heterocycles. The lowest BCUT2D eigenvalue weighted by Crippen LogP contribution is -2.35. The molecule has 0 N–H and O–H groups in total. The molecule has 1 unspecified atom stereocenters. The molecule has 4 nitrogen and oxygen atoms in total. The lowest BCUT2D eigenvalue weighted by molar-refractivity contribution is -0.174. The Morgan fingerprint density at radius 3 is 2.21 bits per heavy atom. The molecule has 19 heavy (non-hydrogen) atoms. The number of rotatable bonds is 4. The summed E-state index contributed by atoms with van der Waals surface area (Å²) in [6, 6.07) is 9.38. The third kappa shape index (κ3) is 6.04. The zero-order chi connectivity index (χ0) is 14.5. The van der Waals surface area contributed by atoms with Gasteiger partial charge in [0, 0.05) is 13.3 Å². The van der Waals surface area contributed by atoms with Crippen molar-refractivity contribution < 1.29 is 19.1 Å². The minimum Gasteiger partial charge on any atom is -0.457 e. The predicted octanol–water partition coefficient (Wildman–Crippen LogP) is 2.50. The van der Waals surface area contributed by atoms with Crippen LogP contribution in [0.4, 0.5) is 0 Å². The van der Waals surface area contributed by atoms with Crippen LogP contribution in [-0.4, -0.2) is 23.6 Å². The molecular weight excluding hydrogens is 244 g/mol. The summed E-state index contributed by atoms with van der Waals surface area (Å²) in [5.41, 5.74) is 0.311. The Balaban J connectivity index is 2.77. The van der Waals surface area contributed by atoms with Gasteiger partial charge in [0.1, 0.15) is 5.60 Å². The molecule has 0 heterocycles. The van der Waals surface area contributed by atoms with Crippen LogP contribution in [0.1, 0.15) is 33.3 Å². The molecule has 0 saturated carbocycles. The summed E-state index contributed by atoms with van der Waals surface area (Å²) in [6.07, 6.45) is -0.589. The Hall–Kier alpha value is -1.84. The lowest BCUT2D eigenvalue weighted by Gasteiger charge is -2.23. The summed E-state index contributed by atoms with van der Waals surface area (Å²) < 4.78 is 10.3. The van der Waals surface area contributed by atoms with E-state index in [-0.39, 0.29) is 0 Å². The molecule has 0 aliphatic heterocycles. The zero-order valence-corrected chi connectivity index (χ0v) is 11.8. The van der Waals surface area contributed by atoms with Crippen molar-refractivity contribution in [3.63, 3.8) is 0 Å². The number of benzene rings is 1. The third-order valence-corrected chi connectivity index (χ3v) is 2.24. The summed E-state index contributed by atoms with van der Waals surface area (Å²) >= 11 is 0. The highest BCUT2D eigenvalue weighted by Crippen LogP contribution is 2.13. The van der Waals surface area contributed by atoms with Crippen molar-refractivity contribution in [3.8, 4) is 0 Å². The maximum Gasteiger partial charge on any atom is 0.348 e. The molecule has 0 aromatic heterocycles. The van der Waals surface area contributed by atoms with Crippen LogP contribution >= 0.6 is 0 Å². The fourth-order valence-electron chi connectivity index (χ4n) is 1.57. The van der Waals surface area contributed by atoms with Crippen LogP contribution in [0.5, 0.6) is 0 Å². The molecule has 0 bridgehead atoms. The molecule has 0 spiro atoms. The van der Waals surface area contributed by atoms with Crippen molar-refractivity contribution in [2.24, 2.45) is 0 Å². The second kappa shape index (κ2) is 6.36. The quantitative estimate of drug-likeness (QED) is 0.784. The minimum absolute atomic E-state index is 0.315. The first kappa shape index (κ1) is 15.2. The second-order valence-corrected chi connectivity index (χ2v) is 5.32. The van der Waals surface area contributed by atoms with Gasteiger partial charge in [-0.05, 0) is 26.3 Å². The molecule has 0 fully saturated rings. The van der Waals surface area contributed by atoms with Gasteiger partial charge in [-0.15, -0.1) is 0 Å². The molecule has 1 rings (SSSR count). The van der Waals surface area contributed by atoms with E-state index in [1.165, 1.54) is 6.92 Å². The van der Waals surface area contributed by atoms with Gasteiger partial charge in [0.25, 0.3) is 0 Å². The maximum atomic E-state index is 12.0. The Kier molecular flexibility index (Phi) is 5.10. The smallest absolute Gasteiger partial charge is 0.348 e. The van der Waals surface area contributed by atoms with E-state index in [0.717, 1.165) is 5.56 Å². The summed E-state index contributed by atoms with van der Waals surface area (Å²) in [5.74, 6) is -1.02. The summed E-state index contributed by atoms with van der Waals surface area (Å²) in [5, 5.41) is 0. The number of esters is 2. The first-order valence-corrected chi connectivity index (χ1v) is 6.22. The molecule has 0 aliphatic carbocycles. The molecule has 1 atom stereocenters.